The molecule has 0 saturated carbocycles. The molecule has 3 rings (SSSR count). The van der Waals surface area contributed by atoms with Gasteiger partial charge in [0.1, 0.15) is 11.5 Å². The fraction of sp³-hybridized carbons (Fsp3) is 0.429. The largest absolute Gasteiger partial charge is 0.457 e. The number of nitrogens with two attached hydrogens (primary N) is 1. The van der Waals surface area contributed by atoms with Crippen LogP contribution in [0, 0.1) is 12.8 Å². The minimum absolute atomic E-state index is 0.307. The molecule has 2 unspecified atom stereocenters. The Morgan fingerprint density at radius 1 is 1.08 bits per heavy atom. The molecule has 2 aromatic rings. The van der Waals surface area contributed by atoms with E-state index in [1.54, 1.807) is 0 Å². The average Bonchev–Trinajstić information content (AvgIpc) is 2.59. The zero-order valence-electron chi connectivity index (χ0n) is 14.7. The van der Waals surface area contributed by atoms with E-state index in [4.69, 9.17) is 10.5 Å². The van der Waals surface area contributed by atoms with E-state index in [0.29, 0.717) is 12.6 Å². The summed E-state index contributed by atoms with van der Waals surface area (Å²) in [7, 11) is 0. The van der Waals surface area contributed by atoms with Crippen LogP contribution in [0.1, 0.15) is 36.9 Å². The van der Waals surface area contributed by atoms with Crippen LogP contribution in [0.2, 0.25) is 0 Å². The van der Waals surface area contributed by atoms with Gasteiger partial charge in [-0.25, -0.2) is 0 Å². The Labute approximate surface area is 145 Å². The van der Waals surface area contributed by atoms with Gasteiger partial charge in [-0.1, -0.05) is 36.8 Å². The van der Waals surface area contributed by atoms with E-state index >= 15 is 0 Å². The first kappa shape index (κ1) is 17.0. The van der Waals surface area contributed by atoms with Crippen molar-refractivity contribution < 1.29 is 4.74 Å². The highest BCUT2D eigenvalue weighted by molar-refractivity contribution is 5.35. The minimum atomic E-state index is 0.307. The van der Waals surface area contributed by atoms with Gasteiger partial charge in [0.2, 0.25) is 0 Å². The second-order valence-electron chi connectivity index (χ2n) is 6.98. The first-order valence-corrected chi connectivity index (χ1v) is 8.94. The third-order valence-corrected chi connectivity index (χ3v) is 4.87. The van der Waals surface area contributed by atoms with Crippen molar-refractivity contribution in [3.8, 4) is 11.5 Å². The number of likely N-dealkylation sites (tertiary alicyclic amines) is 1. The lowest BCUT2D eigenvalue weighted by atomic mass is 9.96. The van der Waals surface area contributed by atoms with E-state index in [9.17, 15) is 0 Å². The van der Waals surface area contributed by atoms with Crippen molar-refractivity contribution in [2.45, 2.75) is 32.7 Å². The Morgan fingerprint density at radius 3 is 2.29 bits per heavy atom. The highest BCUT2D eigenvalue weighted by Crippen LogP contribution is 2.28. The maximum absolute atomic E-state index is 6.08. The van der Waals surface area contributed by atoms with Crippen molar-refractivity contribution in [2.75, 3.05) is 19.6 Å². The number of hydrogen-bond donors (Lipinski definition) is 1. The maximum Gasteiger partial charge on any atom is 0.127 e. The molecule has 0 aliphatic carbocycles. The van der Waals surface area contributed by atoms with Gasteiger partial charge in [0.25, 0.3) is 0 Å². The number of aryl methyl sites for hydroxylation is 1. The molecule has 2 N–H and O–H groups in total. The fourth-order valence-corrected chi connectivity index (χ4v) is 3.51. The maximum atomic E-state index is 6.08. The van der Waals surface area contributed by atoms with Gasteiger partial charge < -0.3 is 10.5 Å². The quantitative estimate of drug-likeness (QED) is 0.879. The molecule has 1 aliphatic heterocycles. The molecule has 2 atom stereocenters. The second kappa shape index (κ2) is 7.82. The number of rotatable bonds is 5. The van der Waals surface area contributed by atoms with Gasteiger partial charge in [-0.3, -0.25) is 4.90 Å². The highest BCUT2D eigenvalue weighted by Gasteiger charge is 2.24. The van der Waals surface area contributed by atoms with Gasteiger partial charge in [-0.15, -0.1) is 0 Å². The zero-order valence-corrected chi connectivity index (χ0v) is 14.7. The average molecular weight is 324 g/mol. The summed E-state index contributed by atoms with van der Waals surface area (Å²) in [6.45, 7) is 7.35. The summed E-state index contributed by atoms with van der Waals surface area (Å²) in [5.41, 5.74) is 8.60. The summed E-state index contributed by atoms with van der Waals surface area (Å²) in [5.74, 6) is 2.50. The molecular formula is C21H28N2O. The van der Waals surface area contributed by atoms with Crippen molar-refractivity contribution in [1.82, 2.24) is 4.90 Å². The number of benzene rings is 2. The van der Waals surface area contributed by atoms with Crippen LogP contribution in [0.25, 0.3) is 0 Å². The second-order valence-corrected chi connectivity index (χ2v) is 6.98. The lowest BCUT2D eigenvalue weighted by Crippen LogP contribution is -2.40. The Balaban J connectivity index is 1.69. The Morgan fingerprint density at radius 2 is 1.71 bits per heavy atom. The Kier molecular flexibility index (Phi) is 5.54. The molecular weight excluding hydrogens is 296 g/mol. The minimum Gasteiger partial charge on any atom is -0.457 e. The molecule has 0 spiro atoms. The molecule has 0 radical (unpaired) electrons. The lowest BCUT2D eigenvalue weighted by Gasteiger charge is -2.37. The molecule has 0 aromatic heterocycles. The molecule has 1 aliphatic rings. The van der Waals surface area contributed by atoms with E-state index in [1.165, 1.54) is 24.0 Å². The number of ether oxygens (including phenoxy) is 1. The first-order valence-electron chi connectivity index (χ1n) is 8.94. The van der Waals surface area contributed by atoms with Crippen LogP contribution in [0.5, 0.6) is 11.5 Å². The summed E-state index contributed by atoms with van der Waals surface area (Å²) in [6.07, 6.45) is 2.60. The molecule has 0 amide bonds. The van der Waals surface area contributed by atoms with Gasteiger partial charge in [-0.05, 0) is 62.1 Å². The molecule has 128 valence electrons. The van der Waals surface area contributed by atoms with Crippen LogP contribution in [0.4, 0.5) is 0 Å². The number of piperidine rings is 1. The number of hydrogen-bond acceptors (Lipinski definition) is 3. The molecule has 3 nitrogen and oxygen atoms in total. The topological polar surface area (TPSA) is 38.5 Å². The van der Waals surface area contributed by atoms with Crippen LogP contribution in [0.3, 0.4) is 0 Å². The molecule has 1 saturated heterocycles. The zero-order chi connectivity index (χ0) is 16.9. The Hall–Kier alpha value is -1.84. The fourth-order valence-electron chi connectivity index (χ4n) is 3.51. The van der Waals surface area contributed by atoms with Crippen LogP contribution in [-0.2, 0) is 0 Å². The molecule has 24 heavy (non-hydrogen) atoms. The highest BCUT2D eigenvalue weighted by atomic mass is 16.5. The van der Waals surface area contributed by atoms with E-state index in [-0.39, 0.29) is 0 Å². The summed E-state index contributed by atoms with van der Waals surface area (Å²) in [4.78, 5) is 2.53. The van der Waals surface area contributed by atoms with Crippen molar-refractivity contribution in [1.29, 1.82) is 0 Å². The lowest BCUT2D eigenvalue weighted by molar-refractivity contribution is 0.133. The van der Waals surface area contributed by atoms with Crippen LogP contribution in [-0.4, -0.2) is 24.5 Å². The van der Waals surface area contributed by atoms with Gasteiger partial charge in [-0.2, -0.15) is 0 Å². The van der Waals surface area contributed by atoms with E-state index < -0.39 is 0 Å². The normalized spacial score (nSPS) is 19.9. The van der Waals surface area contributed by atoms with E-state index in [2.05, 4.69) is 43.0 Å². The van der Waals surface area contributed by atoms with Crippen LogP contribution < -0.4 is 10.5 Å². The van der Waals surface area contributed by atoms with E-state index in [1.807, 2.05) is 24.3 Å². The summed E-state index contributed by atoms with van der Waals surface area (Å²) >= 11 is 0. The van der Waals surface area contributed by atoms with Crippen molar-refractivity contribution in [2.24, 2.45) is 11.7 Å². The monoisotopic (exact) mass is 324 g/mol. The van der Waals surface area contributed by atoms with Crippen LogP contribution in [0.15, 0.2) is 48.5 Å². The van der Waals surface area contributed by atoms with Gasteiger partial charge in [0, 0.05) is 19.1 Å². The summed E-state index contributed by atoms with van der Waals surface area (Å²) in [6, 6.07) is 16.8. The first-order chi connectivity index (χ1) is 11.7. The van der Waals surface area contributed by atoms with Crippen molar-refractivity contribution in [3.05, 3.63) is 59.7 Å². The molecule has 1 heterocycles. The predicted molar refractivity (Wildman–Crippen MR) is 99.5 cm³/mol. The van der Waals surface area contributed by atoms with Gasteiger partial charge in [0.05, 0.1) is 0 Å². The third kappa shape index (κ3) is 4.16. The molecule has 2 aromatic carbocycles. The summed E-state index contributed by atoms with van der Waals surface area (Å²) in [5, 5.41) is 0. The predicted octanol–water partition coefficient (Wildman–Crippen LogP) is 4.52. The molecule has 0 bridgehead atoms. The standard InChI is InChI=1S/C21H28N2O/c1-16-5-9-19(10-6-16)24-20-11-7-18(8-12-20)21(14-22)23-13-3-4-17(2)15-23/h5-12,17,21H,3-4,13-15,22H2,1-2H3. The van der Waals surface area contributed by atoms with Gasteiger partial charge >= 0.3 is 0 Å². The van der Waals surface area contributed by atoms with Gasteiger partial charge in [0.15, 0.2) is 0 Å². The smallest absolute Gasteiger partial charge is 0.127 e. The van der Waals surface area contributed by atoms with E-state index in [0.717, 1.165) is 30.5 Å². The van der Waals surface area contributed by atoms with Crippen LogP contribution >= 0.6 is 0 Å². The summed E-state index contributed by atoms with van der Waals surface area (Å²) < 4.78 is 5.92. The molecule has 3 heteroatoms. The SMILES string of the molecule is Cc1ccc(Oc2ccc(C(CN)N3CCCC(C)C3)cc2)cc1. The number of nitrogens with zero attached hydrogens (tertiary/aromatic N) is 1. The van der Waals surface area contributed by atoms with Crippen molar-refractivity contribution in [3.63, 3.8) is 0 Å². The molecule has 1 fully saturated rings. The third-order valence-electron chi connectivity index (χ3n) is 4.87. The Bertz CT molecular complexity index is 636. The van der Waals surface area contributed by atoms with Crippen molar-refractivity contribution >= 4 is 0 Å².